The minimum absolute atomic E-state index is 0.603. The normalized spacial score (nSPS) is 13.7. The zero-order valence-electron chi connectivity index (χ0n) is 13.5. The van der Waals surface area contributed by atoms with E-state index < -0.39 is 11.5 Å². The van der Waals surface area contributed by atoms with Crippen molar-refractivity contribution in [2.24, 2.45) is 0 Å². The van der Waals surface area contributed by atoms with Crippen LogP contribution in [-0.4, -0.2) is 29.8 Å². The van der Waals surface area contributed by atoms with Crippen LogP contribution in [0.25, 0.3) is 0 Å². The van der Waals surface area contributed by atoms with Gasteiger partial charge < -0.3 is 15.2 Å². The zero-order valence-corrected chi connectivity index (χ0v) is 13.5. The third kappa shape index (κ3) is 5.05. The standard InChI is InChI=1S/C17H27NO3/c1-5-18-17(4,16(19)20)11-6-7-12-21-15-13(2)9-8-10-14(15)3/h8-10,18H,5-7,11-12H2,1-4H3,(H,19,20). The van der Waals surface area contributed by atoms with Crippen LogP contribution in [-0.2, 0) is 4.79 Å². The average molecular weight is 293 g/mol. The van der Waals surface area contributed by atoms with Gasteiger partial charge in [-0.3, -0.25) is 4.79 Å². The molecule has 1 aromatic carbocycles. The summed E-state index contributed by atoms with van der Waals surface area (Å²) >= 11 is 0. The fraction of sp³-hybridized carbons (Fsp3) is 0.588. The summed E-state index contributed by atoms with van der Waals surface area (Å²) < 4.78 is 5.83. The molecule has 1 rings (SSSR count). The third-order valence-corrected chi connectivity index (χ3v) is 3.77. The number of unbranched alkanes of at least 4 members (excludes halogenated alkanes) is 1. The first-order chi connectivity index (χ1) is 9.90. The van der Waals surface area contributed by atoms with Gasteiger partial charge in [-0.15, -0.1) is 0 Å². The maximum atomic E-state index is 11.3. The Morgan fingerprint density at radius 1 is 1.29 bits per heavy atom. The van der Waals surface area contributed by atoms with Crippen LogP contribution in [0.3, 0.4) is 0 Å². The number of benzene rings is 1. The number of para-hydroxylation sites is 1. The molecule has 0 heterocycles. The minimum atomic E-state index is -0.840. The molecule has 4 nitrogen and oxygen atoms in total. The lowest BCUT2D eigenvalue weighted by molar-refractivity contribution is -0.144. The van der Waals surface area contributed by atoms with Crippen LogP contribution in [0.15, 0.2) is 18.2 Å². The topological polar surface area (TPSA) is 58.6 Å². The second-order valence-corrected chi connectivity index (χ2v) is 5.69. The van der Waals surface area contributed by atoms with Crippen LogP contribution >= 0.6 is 0 Å². The van der Waals surface area contributed by atoms with Gasteiger partial charge in [0.1, 0.15) is 11.3 Å². The number of ether oxygens (including phenoxy) is 1. The van der Waals surface area contributed by atoms with E-state index in [0.717, 1.165) is 29.7 Å². The smallest absolute Gasteiger partial charge is 0.323 e. The molecular formula is C17H27NO3. The highest BCUT2D eigenvalue weighted by Crippen LogP contribution is 2.23. The summed E-state index contributed by atoms with van der Waals surface area (Å²) in [7, 11) is 0. The number of nitrogens with one attached hydrogen (secondary N) is 1. The number of carboxylic acid groups (broad SMARTS) is 1. The largest absolute Gasteiger partial charge is 0.493 e. The summed E-state index contributed by atoms with van der Waals surface area (Å²) in [5, 5.41) is 12.3. The molecule has 0 aliphatic heterocycles. The molecule has 1 aromatic rings. The molecule has 0 spiro atoms. The molecule has 0 amide bonds. The van der Waals surface area contributed by atoms with Crippen LogP contribution in [0.5, 0.6) is 5.75 Å². The number of carboxylic acids is 1. The second-order valence-electron chi connectivity index (χ2n) is 5.69. The van der Waals surface area contributed by atoms with E-state index in [4.69, 9.17) is 4.74 Å². The molecule has 118 valence electrons. The molecule has 21 heavy (non-hydrogen) atoms. The predicted molar refractivity (Wildman–Crippen MR) is 85.0 cm³/mol. The Morgan fingerprint density at radius 3 is 2.43 bits per heavy atom. The maximum absolute atomic E-state index is 11.3. The predicted octanol–water partition coefficient (Wildman–Crippen LogP) is 3.31. The fourth-order valence-electron chi connectivity index (χ4n) is 2.44. The summed E-state index contributed by atoms with van der Waals surface area (Å²) in [4.78, 5) is 11.3. The molecular weight excluding hydrogens is 266 g/mol. The van der Waals surface area contributed by atoms with E-state index in [0.29, 0.717) is 19.6 Å². The number of hydrogen-bond acceptors (Lipinski definition) is 3. The first-order valence-electron chi connectivity index (χ1n) is 7.58. The van der Waals surface area contributed by atoms with Gasteiger partial charge in [-0.1, -0.05) is 25.1 Å². The highest BCUT2D eigenvalue weighted by atomic mass is 16.5. The molecule has 0 aliphatic rings. The van der Waals surface area contributed by atoms with Crippen molar-refractivity contribution in [3.63, 3.8) is 0 Å². The minimum Gasteiger partial charge on any atom is -0.493 e. The average Bonchev–Trinajstić information content (AvgIpc) is 2.41. The number of aliphatic carboxylic acids is 1. The molecule has 0 aromatic heterocycles. The molecule has 0 saturated carbocycles. The zero-order chi connectivity index (χ0) is 15.9. The Morgan fingerprint density at radius 2 is 1.90 bits per heavy atom. The van der Waals surface area contributed by atoms with Crippen LogP contribution < -0.4 is 10.1 Å². The van der Waals surface area contributed by atoms with Gasteiger partial charge in [0.2, 0.25) is 0 Å². The van der Waals surface area contributed by atoms with E-state index in [1.165, 1.54) is 0 Å². The van der Waals surface area contributed by atoms with Crippen molar-refractivity contribution in [1.82, 2.24) is 5.32 Å². The van der Waals surface area contributed by atoms with E-state index in [1.54, 1.807) is 6.92 Å². The van der Waals surface area contributed by atoms with Gasteiger partial charge in [0.15, 0.2) is 0 Å². The maximum Gasteiger partial charge on any atom is 0.323 e. The summed E-state index contributed by atoms with van der Waals surface area (Å²) in [6, 6.07) is 6.09. The van der Waals surface area contributed by atoms with Crippen molar-refractivity contribution in [2.45, 2.75) is 52.5 Å². The first-order valence-corrected chi connectivity index (χ1v) is 7.58. The van der Waals surface area contributed by atoms with E-state index in [2.05, 4.69) is 5.32 Å². The van der Waals surface area contributed by atoms with Crippen LogP contribution in [0.2, 0.25) is 0 Å². The quantitative estimate of drug-likeness (QED) is 0.686. The second kappa shape index (κ2) is 8.03. The van der Waals surface area contributed by atoms with Crippen LogP contribution in [0, 0.1) is 13.8 Å². The molecule has 0 aliphatic carbocycles. The molecule has 0 fully saturated rings. The molecule has 4 heteroatoms. The Hall–Kier alpha value is -1.55. The number of likely N-dealkylation sites (N-methyl/N-ethyl adjacent to an activating group) is 1. The molecule has 1 unspecified atom stereocenters. The molecule has 0 saturated heterocycles. The van der Waals surface area contributed by atoms with Crippen LogP contribution in [0.4, 0.5) is 0 Å². The van der Waals surface area contributed by atoms with Gasteiger partial charge >= 0.3 is 5.97 Å². The van der Waals surface area contributed by atoms with E-state index in [-0.39, 0.29) is 0 Å². The van der Waals surface area contributed by atoms with Crippen molar-refractivity contribution in [2.75, 3.05) is 13.2 Å². The Kier molecular flexibility index (Phi) is 6.69. The van der Waals surface area contributed by atoms with Crippen molar-refractivity contribution in [1.29, 1.82) is 0 Å². The first kappa shape index (κ1) is 17.5. The Balaban J connectivity index is 2.39. The Bertz CT molecular complexity index is 453. The van der Waals surface area contributed by atoms with Crippen molar-refractivity contribution < 1.29 is 14.6 Å². The number of carbonyl (C=O) groups is 1. The fourth-order valence-corrected chi connectivity index (χ4v) is 2.44. The number of rotatable bonds is 9. The van der Waals surface area contributed by atoms with Gasteiger partial charge in [-0.25, -0.2) is 0 Å². The monoisotopic (exact) mass is 293 g/mol. The summed E-state index contributed by atoms with van der Waals surface area (Å²) in [5.74, 6) is 0.158. The number of aryl methyl sites for hydroxylation is 2. The van der Waals surface area contributed by atoms with E-state index >= 15 is 0 Å². The molecule has 0 bridgehead atoms. The summed E-state index contributed by atoms with van der Waals surface area (Å²) in [6.45, 7) is 9.01. The van der Waals surface area contributed by atoms with Gasteiger partial charge in [0.25, 0.3) is 0 Å². The van der Waals surface area contributed by atoms with Crippen molar-refractivity contribution in [3.05, 3.63) is 29.3 Å². The van der Waals surface area contributed by atoms with Crippen LogP contribution in [0.1, 0.15) is 44.2 Å². The van der Waals surface area contributed by atoms with Gasteiger partial charge in [0.05, 0.1) is 6.61 Å². The highest BCUT2D eigenvalue weighted by Gasteiger charge is 2.30. The summed E-state index contributed by atoms with van der Waals surface area (Å²) in [6.07, 6.45) is 2.27. The third-order valence-electron chi connectivity index (χ3n) is 3.77. The Labute approximate surface area is 127 Å². The molecule has 1 atom stereocenters. The lowest BCUT2D eigenvalue weighted by atomic mass is 9.95. The number of hydrogen-bond donors (Lipinski definition) is 2. The summed E-state index contributed by atoms with van der Waals surface area (Å²) in [5.41, 5.74) is 1.43. The SMILES string of the molecule is CCNC(C)(CCCCOc1c(C)cccc1C)C(=O)O. The van der Waals surface area contributed by atoms with Gasteiger partial charge in [-0.2, -0.15) is 0 Å². The van der Waals surface area contributed by atoms with Crippen molar-refractivity contribution >= 4 is 5.97 Å². The molecule has 0 radical (unpaired) electrons. The van der Waals surface area contributed by atoms with E-state index in [1.807, 2.05) is 39.0 Å². The lowest BCUT2D eigenvalue weighted by Gasteiger charge is -2.25. The van der Waals surface area contributed by atoms with Gasteiger partial charge in [-0.05, 0) is 57.7 Å². The highest BCUT2D eigenvalue weighted by molar-refractivity contribution is 5.78. The molecule has 2 N–H and O–H groups in total. The van der Waals surface area contributed by atoms with Gasteiger partial charge in [0, 0.05) is 0 Å². The van der Waals surface area contributed by atoms with E-state index in [9.17, 15) is 9.90 Å². The van der Waals surface area contributed by atoms with Crippen molar-refractivity contribution in [3.8, 4) is 5.75 Å². The lowest BCUT2D eigenvalue weighted by Crippen LogP contribution is -2.49.